The quantitative estimate of drug-likeness (QED) is 0.446. The lowest BCUT2D eigenvalue weighted by Crippen LogP contribution is -2.74. The average molecular weight is 554 g/mol. The summed E-state index contributed by atoms with van der Waals surface area (Å²) in [5.41, 5.74) is 4.46. The molecule has 3 fully saturated rings. The molecule has 0 spiro atoms. The van der Waals surface area contributed by atoms with Gasteiger partial charge < -0.3 is 20.8 Å². The number of carbonyl (C=O) groups excluding carboxylic acids is 5. The highest BCUT2D eigenvalue weighted by molar-refractivity contribution is 6.32. The van der Waals surface area contributed by atoms with E-state index in [1.165, 1.54) is 11.0 Å². The number of nitrogens with zero attached hydrogens (tertiary/aromatic N) is 2. The van der Waals surface area contributed by atoms with Crippen LogP contribution < -0.4 is 5.73 Å². The largest absolute Gasteiger partial charge is 0.507 e. The maximum absolute atomic E-state index is 14.0. The molecule has 0 bridgehead atoms. The van der Waals surface area contributed by atoms with Gasteiger partial charge >= 0.3 is 0 Å². The molecule has 4 N–H and O–H groups in total. The first-order chi connectivity index (χ1) is 18.8. The predicted molar refractivity (Wildman–Crippen MR) is 145 cm³/mol. The Hall–Kier alpha value is -2.95. The molecule has 40 heavy (non-hydrogen) atoms. The number of ketones is 4. The maximum atomic E-state index is 14.0. The Bertz CT molecular complexity index is 1280. The van der Waals surface area contributed by atoms with Crippen molar-refractivity contribution in [2.45, 2.75) is 57.1 Å². The van der Waals surface area contributed by atoms with Crippen molar-refractivity contribution < 1.29 is 34.2 Å². The monoisotopic (exact) mass is 553 g/mol. The van der Waals surface area contributed by atoms with Crippen molar-refractivity contribution in [3.8, 4) is 5.75 Å². The highest BCUT2D eigenvalue weighted by atomic mass is 16.3. The van der Waals surface area contributed by atoms with Crippen LogP contribution in [0.15, 0.2) is 12.1 Å². The highest BCUT2D eigenvalue weighted by Crippen LogP contribution is 2.51. The normalized spacial score (nSPS) is 33.2. The Morgan fingerprint density at radius 3 is 2.35 bits per heavy atom. The van der Waals surface area contributed by atoms with Gasteiger partial charge in [0.15, 0.2) is 34.7 Å². The number of hydrogen-bond donors (Lipinski definition) is 3. The average Bonchev–Trinajstić information content (AvgIpc) is 2.86. The van der Waals surface area contributed by atoms with Crippen molar-refractivity contribution in [2.24, 2.45) is 35.3 Å². The van der Waals surface area contributed by atoms with Crippen LogP contribution in [-0.2, 0) is 25.6 Å². The molecule has 4 aliphatic rings. The Kier molecular flexibility index (Phi) is 7.25. The van der Waals surface area contributed by atoms with Gasteiger partial charge in [0, 0.05) is 12.5 Å². The number of piperidine rings is 1. The van der Waals surface area contributed by atoms with E-state index < -0.39 is 64.4 Å². The molecule has 1 aliphatic heterocycles. The zero-order chi connectivity index (χ0) is 29.3. The highest BCUT2D eigenvalue weighted by Gasteiger charge is 2.69. The summed E-state index contributed by atoms with van der Waals surface area (Å²) in [5.74, 6) is -9.34. The number of carbonyl (C=O) groups is 5. The maximum Gasteiger partial charge on any atom is 0.235 e. The van der Waals surface area contributed by atoms with E-state index in [2.05, 4.69) is 18.7 Å². The number of aromatic hydroxyl groups is 1. The number of phenols is 1. The first kappa shape index (κ1) is 28.6. The minimum Gasteiger partial charge on any atom is -0.507 e. The Balaban J connectivity index is 1.53. The fourth-order valence-corrected chi connectivity index (χ4v) is 7.95. The molecule has 0 radical (unpaired) electrons. The van der Waals surface area contributed by atoms with Crippen molar-refractivity contribution in [3.05, 3.63) is 28.8 Å². The van der Waals surface area contributed by atoms with Crippen molar-refractivity contribution in [2.75, 3.05) is 33.7 Å². The Morgan fingerprint density at radius 2 is 1.77 bits per heavy atom. The van der Waals surface area contributed by atoms with E-state index >= 15 is 0 Å². The molecule has 2 saturated carbocycles. The van der Waals surface area contributed by atoms with Gasteiger partial charge in [-0.15, -0.1) is 0 Å². The summed E-state index contributed by atoms with van der Waals surface area (Å²) in [4.78, 5) is 70.6. The third-order valence-electron chi connectivity index (χ3n) is 9.63. The molecule has 1 aromatic carbocycles. The fourth-order valence-electron chi connectivity index (χ4n) is 7.95. The van der Waals surface area contributed by atoms with Gasteiger partial charge in [-0.3, -0.25) is 28.9 Å². The lowest BCUT2D eigenvalue weighted by atomic mass is 9.52. The van der Waals surface area contributed by atoms with E-state index in [1.807, 2.05) is 6.07 Å². The van der Waals surface area contributed by atoms with Crippen LogP contribution in [0.2, 0.25) is 0 Å². The molecule has 0 aromatic heterocycles. The summed E-state index contributed by atoms with van der Waals surface area (Å²) in [7, 11) is 3.16. The number of likely N-dealkylation sites (tertiary alicyclic amines) is 1. The second-order valence-corrected chi connectivity index (χ2v) is 12.8. The van der Waals surface area contributed by atoms with Crippen LogP contribution in [0.25, 0.3) is 0 Å². The minimum absolute atomic E-state index is 0.0613. The van der Waals surface area contributed by atoms with E-state index in [1.54, 1.807) is 14.1 Å². The number of benzene rings is 1. The molecule has 6 atom stereocenters. The zero-order valence-electron chi connectivity index (χ0n) is 23.6. The van der Waals surface area contributed by atoms with Crippen LogP contribution in [0.5, 0.6) is 5.75 Å². The van der Waals surface area contributed by atoms with Gasteiger partial charge in [0.1, 0.15) is 5.75 Å². The molecule has 1 saturated heterocycles. The lowest BCUT2D eigenvalue weighted by Gasteiger charge is -2.52. The molecular formula is C30H39N3O7. The molecular weight excluding hydrogens is 514 g/mol. The summed E-state index contributed by atoms with van der Waals surface area (Å²) in [6.45, 7) is 7.28. The summed E-state index contributed by atoms with van der Waals surface area (Å²) in [6.07, 6.45) is 2.19. The van der Waals surface area contributed by atoms with Crippen LogP contribution in [-0.4, -0.2) is 94.4 Å². The number of Topliss-reactive ketones (excluding diaryl/α,β-unsaturated/α-hetero) is 4. The van der Waals surface area contributed by atoms with Gasteiger partial charge in [0.25, 0.3) is 0 Å². The van der Waals surface area contributed by atoms with E-state index in [0.29, 0.717) is 12.3 Å². The van der Waals surface area contributed by atoms with Gasteiger partial charge in [-0.1, -0.05) is 19.9 Å². The van der Waals surface area contributed by atoms with Crippen LogP contribution in [0.3, 0.4) is 0 Å². The van der Waals surface area contributed by atoms with Crippen molar-refractivity contribution >= 4 is 29.0 Å². The van der Waals surface area contributed by atoms with Gasteiger partial charge in [-0.25, -0.2) is 0 Å². The number of nitrogens with two attached hydrogens (primary N) is 1. The molecule has 1 aromatic rings. The van der Waals surface area contributed by atoms with Crippen LogP contribution in [0, 0.1) is 29.6 Å². The van der Waals surface area contributed by atoms with Crippen molar-refractivity contribution in [3.63, 3.8) is 0 Å². The number of amides is 1. The SMILES string of the molecule is CC(C)CN1CCC(c2ccc(O)c3c2C[C@H]2C[C@H]4[C@H](N(C)C)C(=O)C(C(N)=O)C(=O)[C@@]4(O)C(=O)C2C3=O)CC1. The second kappa shape index (κ2) is 10.2. The number of fused-ring (bicyclic) bond motifs is 3. The van der Waals surface area contributed by atoms with E-state index in [0.717, 1.165) is 43.6 Å². The predicted octanol–water partition coefficient (Wildman–Crippen LogP) is 0.702. The molecule has 5 rings (SSSR count). The van der Waals surface area contributed by atoms with Crippen LogP contribution in [0.4, 0.5) is 0 Å². The third kappa shape index (κ3) is 4.23. The molecule has 1 heterocycles. The minimum atomic E-state index is -2.70. The van der Waals surface area contributed by atoms with Crippen LogP contribution >= 0.6 is 0 Å². The summed E-state index contributed by atoms with van der Waals surface area (Å²) < 4.78 is 0. The third-order valence-corrected chi connectivity index (χ3v) is 9.63. The summed E-state index contributed by atoms with van der Waals surface area (Å²) in [6, 6.07) is 2.27. The first-order valence-corrected chi connectivity index (χ1v) is 14.2. The summed E-state index contributed by atoms with van der Waals surface area (Å²) in [5, 5.41) is 22.5. The van der Waals surface area contributed by atoms with Gasteiger partial charge in [-0.05, 0) is 87.8 Å². The Labute approximate surface area is 233 Å². The lowest BCUT2D eigenvalue weighted by molar-refractivity contribution is -0.181. The van der Waals surface area contributed by atoms with E-state index in [9.17, 15) is 34.2 Å². The fraction of sp³-hybridized carbons (Fsp3) is 0.633. The van der Waals surface area contributed by atoms with Gasteiger partial charge in [-0.2, -0.15) is 0 Å². The number of primary amides is 1. The zero-order valence-corrected chi connectivity index (χ0v) is 23.6. The molecule has 2 unspecified atom stereocenters. The molecule has 10 heteroatoms. The van der Waals surface area contributed by atoms with Crippen molar-refractivity contribution in [1.82, 2.24) is 9.80 Å². The smallest absolute Gasteiger partial charge is 0.235 e. The number of phenolic OH excluding ortho intramolecular Hbond substituents is 1. The van der Waals surface area contributed by atoms with Gasteiger partial charge in [0.05, 0.1) is 17.5 Å². The summed E-state index contributed by atoms with van der Waals surface area (Å²) >= 11 is 0. The Morgan fingerprint density at radius 1 is 1.12 bits per heavy atom. The number of likely N-dealkylation sites (N-methyl/N-ethyl adjacent to an activating group) is 1. The molecule has 216 valence electrons. The van der Waals surface area contributed by atoms with E-state index in [-0.39, 0.29) is 23.7 Å². The van der Waals surface area contributed by atoms with Gasteiger partial charge in [0.2, 0.25) is 5.91 Å². The second-order valence-electron chi connectivity index (χ2n) is 12.8. The standard InChI is InChI=1S/C30H39N3O7/c1-14(2)13-33-9-7-15(8-10-33)17-5-6-20(34)22-18(17)11-16-12-19-24(32(3)4)26(36)23(29(31)39)28(38)30(19,40)27(37)21(16)25(22)35/h5-6,14-16,19,21,23-24,34,40H,7-13H2,1-4H3,(H2,31,39)/t16-,19-,21?,23?,24-,30-/m0/s1. The molecule has 1 amide bonds. The van der Waals surface area contributed by atoms with Crippen LogP contribution in [0.1, 0.15) is 60.5 Å². The first-order valence-electron chi connectivity index (χ1n) is 14.2. The van der Waals surface area contributed by atoms with E-state index in [4.69, 9.17) is 5.73 Å². The topological polar surface area (TPSA) is 158 Å². The molecule has 10 nitrogen and oxygen atoms in total. The number of aliphatic hydroxyl groups is 1. The molecule has 3 aliphatic carbocycles. The number of rotatable bonds is 5. The number of hydrogen-bond acceptors (Lipinski definition) is 9. The van der Waals surface area contributed by atoms with Crippen molar-refractivity contribution in [1.29, 1.82) is 0 Å².